The first kappa shape index (κ1) is 36.5. The molecule has 0 saturated heterocycles. The Kier molecular flexibility index (Phi) is 10.5. The van der Waals surface area contributed by atoms with Crippen LogP contribution >= 0.6 is 0 Å². The smallest absolute Gasteiger partial charge is 0.0526 e. The SMILES string of the molecule is C=C(C=C(C=CCC)N(c1ccc(-c2ccccc2)cc1)c1ccc2c(c1)C(c1ccccc1)(c1ccccc1)C1C=C(C)C(C=CC)=CC21)c1ccccc1. The van der Waals surface area contributed by atoms with Crippen molar-refractivity contribution in [2.24, 2.45) is 5.92 Å². The number of nitrogens with zero attached hydrogens (tertiary/aromatic N) is 1. The third-order valence-electron chi connectivity index (χ3n) is 11.5. The van der Waals surface area contributed by atoms with E-state index in [4.69, 9.17) is 0 Å². The lowest BCUT2D eigenvalue weighted by atomic mass is 9.62. The molecule has 2 unspecified atom stereocenters. The highest BCUT2D eigenvalue weighted by Gasteiger charge is 2.53. The first-order chi connectivity index (χ1) is 27.5. The minimum absolute atomic E-state index is 0.193. The maximum atomic E-state index is 4.58. The summed E-state index contributed by atoms with van der Waals surface area (Å²) in [7, 11) is 0. The van der Waals surface area contributed by atoms with Crippen molar-refractivity contribution < 1.29 is 0 Å². The maximum absolute atomic E-state index is 4.58. The van der Waals surface area contributed by atoms with Gasteiger partial charge in [0.05, 0.1) is 5.41 Å². The maximum Gasteiger partial charge on any atom is 0.0526 e. The van der Waals surface area contributed by atoms with E-state index >= 15 is 0 Å². The van der Waals surface area contributed by atoms with Crippen molar-refractivity contribution in [3.05, 3.63) is 258 Å². The molecule has 2 aliphatic rings. The zero-order chi connectivity index (χ0) is 38.5. The zero-order valence-corrected chi connectivity index (χ0v) is 32.6. The van der Waals surface area contributed by atoms with Crippen molar-refractivity contribution >= 4 is 16.9 Å². The molecule has 6 aromatic carbocycles. The average molecular weight is 724 g/mol. The summed E-state index contributed by atoms with van der Waals surface area (Å²) in [5.74, 6) is 0.402. The van der Waals surface area contributed by atoms with Gasteiger partial charge < -0.3 is 4.90 Å². The molecule has 8 rings (SSSR count). The van der Waals surface area contributed by atoms with Gasteiger partial charge >= 0.3 is 0 Å². The Bertz CT molecular complexity index is 2420. The van der Waals surface area contributed by atoms with Gasteiger partial charge in [-0.15, -0.1) is 0 Å². The van der Waals surface area contributed by atoms with Crippen LogP contribution in [0, 0.1) is 5.92 Å². The number of hydrogen-bond donors (Lipinski definition) is 0. The van der Waals surface area contributed by atoms with Crippen LogP contribution in [0.15, 0.2) is 230 Å². The Morgan fingerprint density at radius 3 is 1.86 bits per heavy atom. The highest BCUT2D eigenvalue weighted by atomic mass is 15.1. The average Bonchev–Trinajstić information content (AvgIpc) is 3.53. The minimum Gasteiger partial charge on any atom is -0.310 e. The fourth-order valence-electron chi connectivity index (χ4n) is 8.92. The Morgan fingerprint density at radius 1 is 0.679 bits per heavy atom. The third kappa shape index (κ3) is 6.75. The molecule has 0 spiro atoms. The molecular weight excluding hydrogens is 675 g/mol. The lowest BCUT2D eigenvalue weighted by molar-refractivity contribution is 0.453. The number of fused-ring (bicyclic) bond motifs is 3. The molecule has 0 aliphatic heterocycles. The fraction of sp³-hybridized carbons (Fsp3) is 0.127. The molecule has 2 atom stereocenters. The molecular formula is C55H49N. The molecule has 0 radical (unpaired) electrons. The van der Waals surface area contributed by atoms with Crippen molar-refractivity contribution in [3.63, 3.8) is 0 Å². The second kappa shape index (κ2) is 16.1. The van der Waals surface area contributed by atoms with Gasteiger partial charge in [-0.05, 0) is 112 Å². The predicted octanol–water partition coefficient (Wildman–Crippen LogP) is 14.6. The van der Waals surface area contributed by atoms with Gasteiger partial charge in [-0.3, -0.25) is 0 Å². The van der Waals surface area contributed by atoms with Crippen molar-refractivity contribution in [1.82, 2.24) is 0 Å². The van der Waals surface area contributed by atoms with Gasteiger partial charge in [0.2, 0.25) is 0 Å². The summed E-state index contributed by atoms with van der Waals surface area (Å²) in [6, 6.07) is 59.7. The van der Waals surface area contributed by atoms with E-state index in [1.165, 1.54) is 44.5 Å². The lowest BCUT2D eigenvalue weighted by Crippen LogP contribution is -2.35. The molecule has 0 aromatic heterocycles. The molecule has 56 heavy (non-hydrogen) atoms. The van der Waals surface area contributed by atoms with Crippen LogP contribution in [-0.4, -0.2) is 0 Å². The van der Waals surface area contributed by atoms with Crippen molar-refractivity contribution in [1.29, 1.82) is 0 Å². The normalized spacial score (nSPS) is 17.3. The number of rotatable bonds is 11. The summed E-state index contributed by atoms with van der Waals surface area (Å²) in [4.78, 5) is 2.42. The largest absolute Gasteiger partial charge is 0.310 e. The monoisotopic (exact) mass is 723 g/mol. The Labute approximate surface area is 333 Å². The highest BCUT2D eigenvalue weighted by Crippen LogP contribution is 2.61. The van der Waals surface area contributed by atoms with E-state index in [1.54, 1.807) is 0 Å². The molecule has 0 fully saturated rings. The quantitative estimate of drug-likeness (QED) is 0.120. The predicted molar refractivity (Wildman–Crippen MR) is 239 cm³/mol. The summed E-state index contributed by atoms with van der Waals surface area (Å²) in [6.07, 6.45) is 17.2. The van der Waals surface area contributed by atoms with Crippen LogP contribution in [0.4, 0.5) is 11.4 Å². The van der Waals surface area contributed by atoms with Crippen LogP contribution in [0.3, 0.4) is 0 Å². The molecule has 2 aliphatic carbocycles. The summed E-state index contributed by atoms with van der Waals surface area (Å²) in [6.45, 7) is 11.2. The van der Waals surface area contributed by atoms with Crippen molar-refractivity contribution in [2.45, 2.75) is 38.5 Å². The van der Waals surface area contributed by atoms with E-state index in [-0.39, 0.29) is 11.8 Å². The summed E-state index contributed by atoms with van der Waals surface area (Å²) < 4.78 is 0. The van der Waals surface area contributed by atoms with Gasteiger partial charge in [-0.1, -0.05) is 183 Å². The van der Waals surface area contributed by atoms with Crippen LogP contribution in [0.25, 0.3) is 16.7 Å². The van der Waals surface area contributed by atoms with Crippen molar-refractivity contribution in [2.75, 3.05) is 4.90 Å². The van der Waals surface area contributed by atoms with Crippen LogP contribution < -0.4 is 4.90 Å². The third-order valence-corrected chi connectivity index (χ3v) is 11.5. The van der Waals surface area contributed by atoms with Gasteiger partial charge in [0.25, 0.3) is 0 Å². The summed E-state index contributed by atoms with van der Waals surface area (Å²) >= 11 is 0. The minimum atomic E-state index is -0.419. The van der Waals surface area contributed by atoms with Crippen LogP contribution in [0.5, 0.6) is 0 Å². The summed E-state index contributed by atoms with van der Waals surface area (Å²) in [5, 5.41) is 0. The second-order valence-electron chi connectivity index (χ2n) is 14.9. The standard InChI is InChI=1S/C55H49N/c1-5-7-29-49(36-40(3)42-21-12-8-13-22-42)56(48-32-30-44(31-33-48)43-23-14-9-15-24-43)50-34-35-51-52-38-45(20-6-2)41(4)37-53(52)55(54(51)39-50,46-25-16-10-17-26-46)47-27-18-11-19-28-47/h6-39,52-53H,3,5H2,1-2,4H3. The molecule has 1 heteroatoms. The Hall–Kier alpha value is -6.44. The molecule has 0 N–H and O–H groups in total. The number of allylic oxidation sites excluding steroid dienone is 10. The molecule has 1 nitrogen and oxygen atoms in total. The first-order valence-corrected chi connectivity index (χ1v) is 19.9. The highest BCUT2D eigenvalue weighted by molar-refractivity contribution is 5.80. The van der Waals surface area contributed by atoms with Crippen LogP contribution in [0.1, 0.15) is 60.9 Å². The summed E-state index contributed by atoms with van der Waals surface area (Å²) in [5.41, 5.74) is 15.2. The molecule has 0 amide bonds. The molecule has 6 aromatic rings. The number of benzene rings is 6. The van der Waals surface area contributed by atoms with E-state index in [0.29, 0.717) is 0 Å². The lowest BCUT2D eigenvalue weighted by Gasteiger charge is -2.40. The van der Waals surface area contributed by atoms with E-state index in [0.717, 1.165) is 34.6 Å². The van der Waals surface area contributed by atoms with Gasteiger partial charge in [0.15, 0.2) is 0 Å². The Balaban J connectivity index is 1.39. The molecule has 0 heterocycles. The van der Waals surface area contributed by atoms with Gasteiger partial charge in [0, 0.05) is 28.9 Å². The van der Waals surface area contributed by atoms with Gasteiger partial charge in [-0.2, -0.15) is 0 Å². The van der Waals surface area contributed by atoms with Gasteiger partial charge in [0.1, 0.15) is 0 Å². The molecule has 0 saturated carbocycles. The van der Waals surface area contributed by atoms with E-state index in [9.17, 15) is 0 Å². The first-order valence-electron chi connectivity index (χ1n) is 19.9. The fourth-order valence-corrected chi connectivity index (χ4v) is 8.92. The van der Waals surface area contributed by atoms with E-state index < -0.39 is 5.41 Å². The number of hydrogen-bond acceptors (Lipinski definition) is 1. The van der Waals surface area contributed by atoms with Crippen LogP contribution in [0.2, 0.25) is 0 Å². The molecule has 0 bridgehead atoms. The van der Waals surface area contributed by atoms with Crippen molar-refractivity contribution in [3.8, 4) is 11.1 Å². The topological polar surface area (TPSA) is 3.24 Å². The van der Waals surface area contributed by atoms with E-state index in [1.807, 2.05) is 0 Å². The van der Waals surface area contributed by atoms with E-state index in [2.05, 4.69) is 239 Å². The second-order valence-corrected chi connectivity index (χ2v) is 14.9. The van der Waals surface area contributed by atoms with Gasteiger partial charge in [-0.25, -0.2) is 0 Å². The van der Waals surface area contributed by atoms with Crippen LogP contribution in [-0.2, 0) is 5.41 Å². The number of anilines is 2. The Morgan fingerprint density at radius 2 is 1.25 bits per heavy atom. The molecule has 274 valence electrons. The zero-order valence-electron chi connectivity index (χ0n) is 32.6.